The van der Waals surface area contributed by atoms with E-state index in [1.165, 1.54) is 6.07 Å². The monoisotopic (exact) mass is 510 g/mol. The van der Waals surface area contributed by atoms with Crippen LogP contribution >= 0.6 is 0 Å². The predicted molar refractivity (Wildman–Crippen MR) is 135 cm³/mol. The van der Waals surface area contributed by atoms with E-state index in [1.54, 1.807) is 37.6 Å². The number of ether oxygens (including phenoxy) is 1. The number of fused-ring (bicyclic) bond motifs is 1. The maximum Gasteiger partial charge on any atom is 0.303 e. The number of piperidine rings is 1. The summed E-state index contributed by atoms with van der Waals surface area (Å²) in [6.45, 7) is 1.55. The zero-order chi connectivity index (χ0) is 26.4. The van der Waals surface area contributed by atoms with E-state index in [-0.39, 0.29) is 30.2 Å². The lowest BCUT2D eigenvalue weighted by atomic mass is 9.79. The summed E-state index contributed by atoms with van der Waals surface area (Å²) in [5.41, 5.74) is 1.37. The lowest BCUT2D eigenvalue weighted by Crippen LogP contribution is -2.41. The number of carboxylic acid groups (broad SMARTS) is 1. The van der Waals surface area contributed by atoms with Gasteiger partial charge in [0.25, 0.3) is 0 Å². The molecule has 1 fully saturated rings. The van der Waals surface area contributed by atoms with Crippen LogP contribution in [0.1, 0.15) is 43.0 Å². The van der Waals surface area contributed by atoms with E-state index < -0.39 is 23.8 Å². The Balaban J connectivity index is 1.39. The number of likely N-dealkylation sites (tertiary alicyclic amines) is 1. The van der Waals surface area contributed by atoms with Gasteiger partial charge in [0.05, 0.1) is 24.7 Å². The summed E-state index contributed by atoms with van der Waals surface area (Å²) >= 11 is 0. The molecule has 5 nitrogen and oxygen atoms in total. The van der Waals surface area contributed by atoms with E-state index in [0.717, 1.165) is 18.6 Å². The van der Waals surface area contributed by atoms with Gasteiger partial charge in [-0.1, -0.05) is 11.8 Å². The van der Waals surface area contributed by atoms with Crippen molar-refractivity contribution in [1.82, 2.24) is 9.88 Å². The maximum absolute atomic E-state index is 15.4. The molecule has 1 aliphatic rings. The molecular weight excluding hydrogens is 481 g/mol. The Morgan fingerprint density at radius 2 is 2.05 bits per heavy atom. The molecule has 0 saturated carbocycles. The molecule has 0 spiro atoms. The van der Waals surface area contributed by atoms with E-state index in [1.807, 2.05) is 4.90 Å². The molecule has 1 aromatic heterocycles. The molecular formula is C29H29F3N2O3. The fourth-order valence-corrected chi connectivity index (χ4v) is 5.04. The van der Waals surface area contributed by atoms with Crippen molar-refractivity contribution in [2.24, 2.45) is 11.8 Å². The van der Waals surface area contributed by atoms with Crippen LogP contribution in [-0.2, 0) is 4.79 Å². The molecule has 1 N–H and O–H groups in total. The third-order valence-corrected chi connectivity index (χ3v) is 6.98. The number of aromatic nitrogens is 1. The lowest BCUT2D eigenvalue weighted by molar-refractivity contribution is -0.139. The van der Waals surface area contributed by atoms with Crippen LogP contribution in [0.3, 0.4) is 0 Å². The number of hydrogen-bond acceptors (Lipinski definition) is 4. The highest BCUT2D eigenvalue weighted by Gasteiger charge is 2.31. The number of rotatable bonds is 8. The summed E-state index contributed by atoms with van der Waals surface area (Å²) in [6.07, 6.45) is 1.95. The van der Waals surface area contributed by atoms with Gasteiger partial charge < -0.3 is 9.84 Å². The van der Waals surface area contributed by atoms with Crippen molar-refractivity contribution in [2.45, 2.75) is 31.9 Å². The minimum absolute atomic E-state index is 0.00642. The third kappa shape index (κ3) is 6.80. The van der Waals surface area contributed by atoms with Crippen molar-refractivity contribution in [3.63, 3.8) is 0 Å². The molecule has 37 heavy (non-hydrogen) atoms. The predicted octanol–water partition coefficient (Wildman–Crippen LogP) is 5.78. The minimum Gasteiger partial charge on any atom is -0.497 e. The van der Waals surface area contributed by atoms with Crippen LogP contribution in [0.4, 0.5) is 13.2 Å². The van der Waals surface area contributed by atoms with Gasteiger partial charge in [0.1, 0.15) is 23.6 Å². The van der Waals surface area contributed by atoms with E-state index in [4.69, 9.17) is 4.74 Å². The lowest BCUT2D eigenvalue weighted by Gasteiger charge is -2.37. The second-order valence-electron chi connectivity index (χ2n) is 9.40. The first kappa shape index (κ1) is 26.5. The summed E-state index contributed by atoms with van der Waals surface area (Å²) in [6, 6.07) is 10.3. The Morgan fingerprint density at radius 1 is 1.22 bits per heavy atom. The second kappa shape index (κ2) is 12.1. The number of hydrogen-bond donors (Lipinski definition) is 1. The Bertz CT molecular complexity index is 1320. The average Bonchev–Trinajstić information content (AvgIpc) is 2.88. The molecule has 194 valence electrons. The zero-order valence-corrected chi connectivity index (χ0v) is 20.6. The highest BCUT2D eigenvalue weighted by Crippen LogP contribution is 2.36. The zero-order valence-electron chi connectivity index (χ0n) is 20.6. The number of alkyl halides is 1. The number of benzene rings is 2. The van der Waals surface area contributed by atoms with Crippen LogP contribution in [0.5, 0.6) is 5.75 Å². The number of carbonyl (C=O) groups is 1. The molecule has 1 saturated heterocycles. The standard InChI is InChI=1S/C29H29F3N2O3/c1-37-23-7-9-28-25(17-23)24(10-12-33-28)26(31)8-5-19-11-14-34(18-21(19)15-29(35)36)13-2-3-20-4-6-22(30)16-27(20)32/h4,6-7,9-10,12,16-17,19,21,26H,5,8,11,13-15,18H2,1H3,(H,35,36)/t19-,21+,26+/m1/s1. The number of methoxy groups -OCH3 is 1. The van der Waals surface area contributed by atoms with E-state index in [9.17, 15) is 18.7 Å². The molecule has 0 unspecified atom stereocenters. The second-order valence-corrected chi connectivity index (χ2v) is 9.40. The summed E-state index contributed by atoms with van der Waals surface area (Å²) in [4.78, 5) is 17.9. The fourth-order valence-electron chi connectivity index (χ4n) is 5.04. The summed E-state index contributed by atoms with van der Waals surface area (Å²) in [5.74, 6) is 3.93. The van der Waals surface area contributed by atoms with Gasteiger partial charge in [-0.25, -0.2) is 13.2 Å². The molecule has 4 rings (SSSR count). The van der Waals surface area contributed by atoms with Crippen LogP contribution in [0, 0.1) is 35.3 Å². The Morgan fingerprint density at radius 3 is 2.81 bits per heavy atom. The van der Waals surface area contributed by atoms with E-state index in [2.05, 4.69) is 16.8 Å². The number of aliphatic carboxylic acids is 1. The molecule has 8 heteroatoms. The van der Waals surface area contributed by atoms with Crippen LogP contribution in [0.15, 0.2) is 48.7 Å². The molecule has 0 aliphatic carbocycles. The number of halogens is 3. The van der Waals surface area contributed by atoms with E-state index >= 15 is 4.39 Å². The Kier molecular flexibility index (Phi) is 8.67. The first-order valence-electron chi connectivity index (χ1n) is 12.3. The van der Waals surface area contributed by atoms with Crippen LogP contribution < -0.4 is 4.74 Å². The summed E-state index contributed by atoms with van der Waals surface area (Å²) in [7, 11) is 1.56. The summed E-state index contributed by atoms with van der Waals surface area (Å²) < 4.78 is 47.6. The molecule has 0 radical (unpaired) electrons. The van der Waals surface area contributed by atoms with Gasteiger partial charge in [-0.3, -0.25) is 14.7 Å². The maximum atomic E-state index is 15.4. The van der Waals surface area contributed by atoms with Gasteiger partial charge in [0, 0.05) is 30.6 Å². The van der Waals surface area contributed by atoms with E-state index in [0.29, 0.717) is 48.3 Å². The minimum atomic E-state index is -1.21. The fraction of sp³-hybridized carbons (Fsp3) is 0.379. The normalized spacial score (nSPS) is 18.7. The van der Waals surface area contributed by atoms with Crippen LogP contribution in [0.25, 0.3) is 10.9 Å². The molecule has 3 aromatic rings. The smallest absolute Gasteiger partial charge is 0.303 e. The van der Waals surface area contributed by atoms with Gasteiger partial charge in [0.2, 0.25) is 0 Å². The van der Waals surface area contributed by atoms with Gasteiger partial charge in [0.15, 0.2) is 0 Å². The molecule has 0 bridgehead atoms. The Labute approximate surface area is 214 Å². The van der Waals surface area contributed by atoms with Gasteiger partial charge in [-0.05, 0) is 79.6 Å². The van der Waals surface area contributed by atoms with Crippen molar-refractivity contribution in [3.05, 3.63) is 71.4 Å². The van der Waals surface area contributed by atoms with Crippen LogP contribution in [-0.4, -0.2) is 47.7 Å². The number of pyridine rings is 1. The molecule has 2 aromatic carbocycles. The Hall–Kier alpha value is -3.57. The van der Waals surface area contributed by atoms with Gasteiger partial charge in [-0.15, -0.1) is 0 Å². The largest absolute Gasteiger partial charge is 0.497 e. The summed E-state index contributed by atoms with van der Waals surface area (Å²) in [5, 5.41) is 10.2. The quantitative estimate of drug-likeness (QED) is 0.390. The molecule has 3 atom stereocenters. The molecule has 1 aliphatic heterocycles. The van der Waals surface area contributed by atoms with Gasteiger partial charge >= 0.3 is 5.97 Å². The van der Waals surface area contributed by atoms with Crippen molar-refractivity contribution < 1.29 is 27.8 Å². The van der Waals surface area contributed by atoms with Crippen molar-refractivity contribution >= 4 is 16.9 Å². The highest BCUT2D eigenvalue weighted by molar-refractivity contribution is 5.83. The van der Waals surface area contributed by atoms with Gasteiger partial charge in [-0.2, -0.15) is 0 Å². The first-order chi connectivity index (χ1) is 17.8. The van der Waals surface area contributed by atoms with Crippen molar-refractivity contribution in [3.8, 4) is 17.6 Å². The molecule has 2 heterocycles. The molecule has 0 amide bonds. The highest BCUT2D eigenvalue weighted by atomic mass is 19.1. The topological polar surface area (TPSA) is 62.7 Å². The van der Waals surface area contributed by atoms with Crippen LogP contribution in [0.2, 0.25) is 0 Å². The third-order valence-electron chi connectivity index (χ3n) is 6.98. The average molecular weight is 511 g/mol. The SMILES string of the molecule is COc1ccc2nccc([C@@H](F)CC[C@@H]3CCN(CC#Cc4ccc(F)cc4F)C[C@@H]3CC(=O)O)c2c1. The number of nitrogens with zero attached hydrogens (tertiary/aromatic N) is 2. The van der Waals surface area contributed by atoms with Crippen molar-refractivity contribution in [2.75, 3.05) is 26.7 Å². The van der Waals surface area contributed by atoms with Crippen molar-refractivity contribution in [1.29, 1.82) is 0 Å². The first-order valence-corrected chi connectivity index (χ1v) is 12.3. The number of carboxylic acids is 1.